The lowest BCUT2D eigenvalue weighted by molar-refractivity contribution is 0.0976. The van der Waals surface area contributed by atoms with Gasteiger partial charge in [0.15, 0.2) is 0 Å². The molecule has 2 aromatic carbocycles. The second-order valence-corrected chi connectivity index (χ2v) is 10.5. The second kappa shape index (κ2) is 10.3. The molecule has 0 aliphatic heterocycles. The number of aryl methyl sites for hydroxylation is 3. The van der Waals surface area contributed by atoms with Crippen LogP contribution >= 0.6 is 23.2 Å². The minimum atomic E-state index is -4.21. The molecule has 0 atom stereocenters. The van der Waals surface area contributed by atoms with E-state index in [0.717, 1.165) is 27.8 Å². The SMILES string of the molecule is Cc1cc(OCCCc2c(C(=O)NS(=O)(=O)c3cccnc3Cl)[nH]c3ccccc23)cc(C)c1Cl. The molecule has 0 bridgehead atoms. The van der Waals surface area contributed by atoms with Crippen LogP contribution < -0.4 is 9.46 Å². The number of aromatic amines is 1. The quantitative estimate of drug-likeness (QED) is 0.227. The highest BCUT2D eigenvalue weighted by molar-refractivity contribution is 7.90. The number of halogens is 2. The summed E-state index contributed by atoms with van der Waals surface area (Å²) in [6.07, 6.45) is 2.46. The van der Waals surface area contributed by atoms with Gasteiger partial charge in [-0.15, -0.1) is 0 Å². The Labute approximate surface area is 213 Å². The molecular formula is C25H23Cl2N3O4S. The lowest BCUT2D eigenvalue weighted by Crippen LogP contribution is -2.31. The Balaban J connectivity index is 1.53. The smallest absolute Gasteiger partial charge is 0.281 e. The molecule has 4 aromatic rings. The minimum absolute atomic E-state index is 0.174. The third-order valence-corrected chi connectivity index (χ3v) is 7.90. The van der Waals surface area contributed by atoms with Crippen LogP contribution in [0.1, 0.15) is 33.6 Å². The molecule has 0 fully saturated rings. The van der Waals surface area contributed by atoms with E-state index >= 15 is 0 Å². The van der Waals surface area contributed by atoms with Crippen molar-refractivity contribution >= 4 is 50.0 Å². The van der Waals surface area contributed by atoms with Crippen LogP contribution in [0.2, 0.25) is 10.2 Å². The first-order valence-electron chi connectivity index (χ1n) is 10.8. The largest absolute Gasteiger partial charge is 0.494 e. The maximum absolute atomic E-state index is 13.1. The van der Waals surface area contributed by atoms with Crippen molar-refractivity contribution in [2.75, 3.05) is 6.61 Å². The number of para-hydroxylation sites is 1. The topological polar surface area (TPSA) is 101 Å². The summed E-state index contributed by atoms with van der Waals surface area (Å²) < 4.78 is 33.5. The van der Waals surface area contributed by atoms with Crippen molar-refractivity contribution in [3.63, 3.8) is 0 Å². The number of carbonyl (C=O) groups excluding carboxylic acids is 1. The van der Waals surface area contributed by atoms with Gasteiger partial charge in [0.1, 0.15) is 21.5 Å². The number of amides is 1. The van der Waals surface area contributed by atoms with E-state index < -0.39 is 15.9 Å². The second-order valence-electron chi connectivity index (χ2n) is 8.07. The fourth-order valence-corrected chi connectivity index (χ4v) is 5.40. The zero-order valence-electron chi connectivity index (χ0n) is 19.1. The minimum Gasteiger partial charge on any atom is -0.494 e. The molecule has 2 heterocycles. The molecule has 0 radical (unpaired) electrons. The highest BCUT2D eigenvalue weighted by Crippen LogP contribution is 2.27. The molecule has 0 spiro atoms. The van der Waals surface area contributed by atoms with E-state index in [1.165, 1.54) is 18.3 Å². The van der Waals surface area contributed by atoms with Crippen LogP contribution in [0, 0.1) is 13.8 Å². The van der Waals surface area contributed by atoms with Crippen LogP contribution in [0.3, 0.4) is 0 Å². The van der Waals surface area contributed by atoms with Crippen LogP contribution in [0.25, 0.3) is 10.9 Å². The van der Waals surface area contributed by atoms with Gasteiger partial charge in [-0.1, -0.05) is 41.4 Å². The summed E-state index contributed by atoms with van der Waals surface area (Å²) in [6.45, 7) is 4.25. The van der Waals surface area contributed by atoms with E-state index in [9.17, 15) is 13.2 Å². The van der Waals surface area contributed by atoms with Gasteiger partial charge in [0.05, 0.1) is 6.61 Å². The molecule has 7 nitrogen and oxygen atoms in total. The summed E-state index contributed by atoms with van der Waals surface area (Å²) in [5, 5.41) is 1.34. The number of rotatable bonds is 8. The van der Waals surface area contributed by atoms with Crippen molar-refractivity contribution in [1.82, 2.24) is 14.7 Å². The van der Waals surface area contributed by atoms with Gasteiger partial charge in [0.2, 0.25) is 0 Å². The van der Waals surface area contributed by atoms with E-state index in [1.807, 2.05) is 50.2 Å². The van der Waals surface area contributed by atoms with Gasteiger partial charge in [-0.25, -0.2) is 18.1 Å². The lowest BCUT2D eigenvalue weighted by Gasteiger charge is -2.11. The van der Waals surface area contributed by atoms with Crippen LogP contribution in [-0.2, 0) is 16.4 Å². The maximum Gasteiger partial charge on any atom is 0.281 e. The number of fused-ring (bicyclic) bond motifs is 1. The Kier molecular flexibility index (Phi) is 7.35. The molecule has 0 aliphatic rings. The van der Waals surface area contributed by atoms with Gasteiger partial charge in [-0.3, -0.25) is 4.79 Å². The van der Waals surface area contributed by atoms with Gasteiger partial charge in [-0.05, 0) is 73.7 Å². The molecule has 182 valence electrons. The van der Waals surface area contributed by atoms with Crippen molar-refractivity contribution < 1.29 is 17.9 Å². The van der Waals surface area contributed by atoms with E-state index in [0.29, 0.717) is 30.0 Å². The zero-order valence-corrected chi connectivity index (χ0v) is 21.4. The van der Waals surface area contributed by atoms with Gasteiger partial charge in [0, 0.05) is 22.1 Å². The van der Waals surface area contributed by atoms with Crippen LogP contribution in [0.15, 0.2) is 59.6 Å². The number of nitrogens with zero attached hydrogens (tertiary/aromatic N) is 1. The van der Waals surface area contributed by atoms with Gasteiger partial charge < -0.3 is 9.72 Å². The van der Waals surface area contributed by atoms with E-state index in [4.69, 9.17) is 27.9 Å². The first kappa shape index (κ1) is 25.0. The third-order valence-electron chi connectivity index (χ3n) is 5.53. The maximum atomic E-state index is 13.1. The number of nitrogens with one attached hydrogen (secondary N) is 2. The highest BCUT2D eigenvalue weighted by Gasteiger charge is 2.25. The molecule has 0 saturated heterocycles. The predicted molar refractivity (Wildman–Crippen MR) is 137 cm³/mol. The van der Waals surface area contributed by atoms with Crippen molar-refractivity contribution in [3.8, 4) is 5.75 Å². The number of ether oxygens (including phenoxy) is 1. The fourth-order valence-electron chi connectivity index (χ4n) is 3.88. The van der Waals surface area contributed by atoms with Crippen molar-refractivity contribution in [2.24, 2.45) is 0 Å². The molecular weight excluding hydrogens is 509 g/mol. The van der Waals surface area contributed by atoms with E-state index in [1.54, 1.807) is 0 Å². The first-order valence-corrected chi connectivity index (χ1v) is 13.1. The number of aromatic nitrogens is 2. The first-order chi connectivity index (χ1) is 16.7. The van der Waals surface area contributed by atoms with Crippen LogP contribution in [0.4, 0.5) is 0 Å². The van der Waals surface area contributed by atoms with Gasteiger partial charge in [0.25, 0.3) is 15.9 Å². The normalized spacial score (nSPS) is 11.5. The van der Waals surface area contributed by atoms with Crippen LogP contribution in [0.5, 0.6) is 5.75 Å². The van der Waals surface area contributed by atoms with Gasteiger partial charge in [-0.2, -0.15) is 0 Å². The summed E-state index contributed by atoms with van der Waals surface area (Å²) in [5.41, 5.74) is 3.49. The summed E-state index contributed by atoms with van der Waals surface area (Å²) in [4.78, 5) is 19.6. The summed E-state index contributed by atoms with van der Waals surface area (Å²) in [5.74, 6) is -0.0540. The number of hydrogen-bond donors (Lipinski definition) is 2. The number of sulfonamides is 1. The summed E-state index contributed by atoms with van der Waals surface area (Å²) in [6, 6.07) is 13.9. The average Bonchev–Trinajstić information content (AvgIpc) is 3.19. The van der Waals surface area contributed by atoms with Crippen LogP contribution in [-0.4, -0.2) is 30.9 Å². The predicted octanol–water partition coefficient (Wildman–Crippen LogP) is 5.62. The molecule has 35 heavy (non-hydrogen) atoms. The molecule has 1 amide bonds. The standard InChI is InChI=1S/C25H23Cl2N3O4S/c1-15-13-17(14-16(2)22(15)26)34-12-6-8-19-18-7-3-4-9-20(18)29-23(19)25(31)30-35(32,33)21-10-5-11-28-24(21)27/h3-5,7,9-11,13-14,29H,6,8,12H2,1-2H3,(H,30,31). The summed E-state index contributed by atoms with van der Waals surface area (Å²) >= 11 is 12.2. The molecule has 2 aromatic heterocycles. The van der Waals surface area contributed by atoms with E-state index in [2.05, 4.69) is 14.7 Å². The average molecular weight is 532 g/mol. The lowest BCUT2D eigenvalue weighted by atomic mass is 10.1. The monoisotopic (exact) mass is 531 g/mol. The van der Waals surface area contributed by atoms with E-state index in [-0.39, 0.29) is 15.7 Å². The number of hydrogen-bond acceptors (Lipinski definition) is 5. The summed E-state index contributed by atoms with van der Waals surface area (Å²) in [7, 11) is -4.21. The van der Waals surface area contributed by atoms with Gasteiger partial charge >= 0.3 is 0 Å². The zero-order chi connectivity index (χ0) is 25.2. The number of carbonyl (C=O) groups is 1. The Morgan fingerprint density at radius 2 is 1.80 bits per heavy atom. The number of H-pyrrole nitrogens is 1. The van der Waals surface area contributed by atoms with Crippen molar-refractivity contribution in [1.29, 1.82) is 0 Å². The Morgan fingerprint density at radius 1 is 1.09 bits per heavy atom. The van der Waals surface area contributed by atoms with Crippen molar-refractivity contribution in [3.05, 3.63) is 87.3 Å². The molecule has 4 rings (SSSR count). The molecule has 0 aliphatic carbocycles. The Hall–Kier alpha value is -3.07. The number of benzene rings is 2. The molecule has 2 N–H and O–H groups in total. The molecule has 0 saturated carbocycles. The molecule has 0 unspecified atom stereocenters. The third kappa shape index (κ3) is 5.45. The number of pyridine rings is 1. The Morgan fingerprint density at radius 3 is 2.51 bits per heavy atom. The molecule has 10 heteroatoms. The fraction of sp³-hybridized carbons (Fsp3) is 0.200. The highest BCUT2D eigenvalue weighted by atomic mass is 35.5. The Bertz CT molecular complexity index is 1490. The van der Waals surface area contributed by atoms with Crippen molar-refractivity contribution in [2.45, 2.75) is 31.6 Å².